The molecule has 0 spiro atoms. The van der Waals surface area contributed by atoms with E-state index in [9.17, 15) is 4.79 Å². The van der Waals surface area contributed by atoms with Gasteiger partial charge >= 0.3 is 5.97 Å². The van der Waals surface area contributed by atoms with Crippen LogP contribution in [0.2, 0.25) is 0 Å². The van der Waals surface area contributed by atoms with Gasteiger partial charge in [0, 0.05) is 17.2 Å². The zero-order valence-electron chi connectivity index (χ0n) is 11.3. The molecule has 3 rings (SSSR count). The van der Waals surface area contributed by atoms with E-state index in [0.717, 1.165) is 11.1 Å². The Morgan fingerprint density at radius 2 is 1.80 bits per heavy atom. The first-order chi connectivity index (χ1) is 9.74. The molecule has 4 heteroatoms. The zero-order chi connectivity index (χ0) is 14.1. The molecule has 0 fully saturated rings. The number of methoxy groups -OCH3 is 2. The summed E-state index contributed by atoms with van der Waals surface area (Å²) in [5.41, 5.74) is 2.28. The first kappa shape index (κ1) is 12.5. The summed E-state index contributed by atoms with van der Waals surface area (Å²) in [6.45, 7) is 0. The average molecular weight is 270 g/mol. The molecule has 4 nitrogen and oxygen atoms in total. The van der Waals surface area contributed by atoms with Crippen LogP contribution >= 0.6 is 0 Å². The van der Waals surface area contributed by atoms with Crippen LogP contribution in [-0.2, 0) is 4.74 Å². The van der Waals surface area contributed by atoms with Crippen molar-refractivity contribution < 1.29 is 19.0 Å². The van der Waals surface area contributed by atoms with Crippen molar-refractivity contribution in [1.29, 1.82) is 0 Å². The van der Waals surface area contributed by atoms with E-state index in [4.69, 9.17) is 14.2 Å². The molecule has 102 valence electrons. The van der Waals surface area contributed by atoms with Gasteiger partial charge in [-0.2, -0.15) is 0 Å². The molecule has 1 aliphatic rings. The Labute approximate surface area is 116 Å². The van der Waals surface area contributed by atoms with Crippen LogP contribution in [0.5, 0.6) is 11.5 Å². The lowest BCUT2D eigenvalue weighted by atomic mass is 9.98. The van der Waals surface area contributed by atoms with E-state index >= 15 is 0 Å². The van der Waals surface area contributed by atoms with Crippen LogP contribution in [-0.4, -0.2) is 20.2 Å². The van der Waals surface area contributed by atoms with Crippen LogP contribution in [0, 0.1) is 0 Å². The number of cyclic esters (lactones) is 1. The van der Waals surface area contributed by atoms with E-state index in [1.165, 1.54) is 0 Å². The molecule has 0 saturated heterocycles. The minimum Gasteiger partial charge on any atom is -0.497 e. The van der Waals surface area contributed by atoms with Crippen molar-refractivity contribution >= 4 is 5.97 Å². The summed E-state index contributed by atoms with van der Waals surface area (Å²) in [5.74, 6) is 1.03. The van der Waals surface area contributed by atoms with Gasteiger partial charge in [0.1, 0.15) is 11.5 Å². The summed E-state index contributed by atoms with van der Waals surface area (Å²) in [5, 5.41) is 0. The van der Waals surface area contributed by atoms with Gasteiger partial charge in [0.15, 0.2) is 6.10 Å². The molecular formula is C16H14O4. The lowest BCUT2D eigenvalue weighted by Gasteiger charge is -2.16. The summed E-state index contributed by atoms with van der Waals surface area (Å²) in [6, 6.07) is 12.9. The van der Waals surface area contributed by atoms with E-state index < -0.39 is 6.10 Å². The fraction of sp³-hybridized carbons (Fsp3) is 0.188. The van der Waals surface area contributed by atoms with E-state index in [1.807, 2.05) is 30.3 Å². The number of rotatable bonds is 3. The molecule has 0 bridgehead atoms. The molecule has 1 unspecified atom stereocenters. The highest BCUT2D eigenvalue weighted by Crippen LogP contribution is 2.40. The minimum absolute atomic E-state index is 0.302. The van der Waals surface area contributed by atoms with E-state index in [1.54, 1.807) is 26.4 Å². The first-order valence-electron chi connectivity index (χ1n) is 6.26. The third-order valence-electron chi connectivity index (χ3n) is 3.41. The number of fused-ring (bicyclic) bond motifs is 1. The van der Waals surface area contributed by atoms with Crippen molar-refractivity contribution in [3.8, 4) is 11.5 Å². The second-order valence-electron chi connectivity index (χ2n) is 4.48. The van der Waals surface area contributed by atoms with E-state index in [-0.39, 0.29) is 5.97 Å². The molecule has 0 saturated carbocycles. The van der Waals surface area contributed by atoms with Gasteiger partial charge in [0.25, 0.3) is 0 Å². The van der Waals surface area contributed by atoms with Gasteiger partial charge in [-0.05, 0) is 18.2 Å². The zero-order valence-corrected chi connectivity index (χ0v) is 11.3. The summed E-state index contributed by atoms with van der Waals surface area (Å²) in [7, 11) is 3.18. The van der Waals surface area contributed by atoms with Crippen molar-refractivity contribution in [2.24, 2.45) is 0 Å². The molecular weight excluding hydrogens is 256 g/mol. The number of esters is 1. The second-order valence-corrected chi connectivity index (χ2v) is 4.48. The summed E-state index contributed by atoms with van der Waals surface area (Å²) < 4.78 is 16.0. The third kappa shape index (κ3) is 1.90. The highest BCUT2D eigenvalue weighted by Gasteiger charge is 2.33. The fourth-order valence-electron chi connectivity index (χ4n) is 2.41. The number of carbonyl (C=O) groups excluding carboxylic acids is 1. The van der Waals surface area contributed by atoms with Crippen LogP contribution in [0.1, 0.15) is 27.6 Å². The molecule has 20 heavy (non-hydrogen) atoms. The Balaban J connectivity index is 2.09. The molecule has 0 amide bonds. The normalized spacial score (nSPS) is 16.5. The molecule has 2 aromatic rings. The van der Waals surface area contributed by atoms with Gasteiger partial charge in [-0.3, -0.25) is 0 Å². The molecule has 0 N–H and O–H groups in total. The molecule has 0 aliphatic carbocycles. The Hall–Kier alpha value is -2.49. The van der Waals surface area contributed by atoms with Gasteiger partial charge < -0.3 is 14.2 Å². The number of carbonyl (C=O) groups is 1. The number of hydrogen-bond acceptors (Lipinski definition) is 4. The predicted octanol–water partition coefficient (Wildman–Crippen LogP) is 2.96. The van der Waals surface area contributed by atoms with Gasteiger partial charge in [0.2, 0.25) is 0 Å². The van der Waals surface area contributed by atoms with Crippen molar-refractivity contribution in [2.75, 3.05) is 14.2 Å². The SMILES string of the molecule is COc1ccc(C2OC(=O)c3ccccc32)c(OC)c1. The van der Waals surface area contributed by atoms with Gasteiger partial charge in [-0.15, -0.1) is 0 Å². The summed E-state index contributed by atoms with van der Waals surface area (Å²) in [6.07, 6.45) is -0.431. The van der Waals surface area contributed by atoms with Gasteiger partial charge in [-0.1, -0.05) is 18.2 Å². The number of ether oxygens (including phenoxy) is 3. The van der Waals surface area contributed by atoms with E-state index in [2.05, 4.69) is 0 Å². The average Bonchev–Trinajstić information content (AvgIpc) is 2.84. The maximum atomic E-state index is 11.9. The number of hydrogen-bond donors (Lipinski definition) is 0. The van der Waals surface area contributed by atoms with Crippen LogP contribution in [0.4, 0.5) is 0 Å². The quantitative estimate of drug-likeness (QED) is 0.804. The Bertz CT molecular complexity index is 663. The van der Waals surface area contributed by atoms with Crippen molar-refractivity contribution in [3.63, 3.8) is 0 Å². The van der Waals surface area contributed by atoms with Crippen LogP contribution < -0.4 is 9.47 Å². The lowest BCUT2D eigenvalue weighted by Crippen LogP contribution is -2.03. The molecule has 1 heterocycles. The monoisotopic (exact) mass is 270 g/mol. The van der Waals surface area contributed by atoms with Crippen molar-refractivity contribution in [1.82, 2.24) is 0 Å². The predicted molar refractivity (Wildman–Crippen MR) is 73.2 cm³/mol. The molecule has 2 aromatic carbocycles. The smallest absolute Gasteiger partial charge is 0.339 e. The molecule has 1 aliphatic heterocycles. The Kier molecular flexibility index (Phi) is 3.06. The lowest BCUT2D eigenvalue weighted by molar-refractivity contribution is 0.0452. The molecule has 1 atom stereocenters. The second kappa shape index (κ2) is 4.89. The minimum atomic E-state index is -0.431. The van der Waals surface area contributed by atoms with Crippen molar-refractivity contribution in [2.45, 2.75) is 6.10 Å². The Morgan fingerprint density at radius 3 is 2.55 bits per heavy atom. The Morgan fingerprint density at radius 1 is 1.00 bits per heavy atom. The standard InChI is InChI=1S/C16H14O4/c1-18-10-7-8-13(14(9-10)19-2)15-11-5-3-4-6-12(11)16(17)20-15/h3-9,15H,1-2H3. The largest absolute Gasteiger partial charge is 0.497 e. The fourth-order valence-corrected chi connectivity index (χ4v) is 2.41. The highest BCUT2D eigenvalue weighted by molar-refractivity contribution is 5.94. The highest BCUT2D eigenvalue weighted by atomic mass is 16.6. The molecule has 0 radical (unpaired) electrons. The van der Waals surface area contributed by atoms with Gasteiger partial charge in [0.05, 0.1) is 19.8 Å². The third-order valence-corrected chi connectivity index (χ3v) is 3.41. The maximum Gasteiger partial charge on any atom is 0.339 e. The van der Waals surface area contributed by atoms with Crippen LogP contribution in [0.3, 0.4) is 0 Å². The molecule has 0 aromatic heterocycles. The first-order valence-corrected chi connectivity index (χ1v) is 6.26. The van der Waals surface area contributed by atoms with Crippen LogP contribution in [0.25, 0.3) is 0 Å². The van der Waals surface area contributed by atoms with E-state index in [0.29, 0.717) is 17.1 Å². The topological polar surface area (TPSA) is 44.8 Å². The summed E-state index contributed by atoms with van der Waals surface area (Å²) >= 11 is 0. The summed E-state index contributed by atoms with van der Waals surface area (Å²) in [4.78, 5) is 11.9. The van der Waals surface area contributed by atoms with Gasteiger partial charge in [-0.25, -0.2) is 4.79 Å². The van der Waals surface area contributed by atoms with Crippen molar-refractivity contribution in [3.05, 3.63) is 59.2 Å². The maximum absolute atomic E-state index is 11.9. The number of benzene rings is 2. The van der Waals surface area contributed by atoms with Crippen LogP contribution in [0.15, 0.2) is 42.5 Å².